The largest absolute Gasteiger partial charge is 0.508 e. The molecule has 11 N–H and O–H groups in total. The van der Waals surface area contributed by atoms with Crippen LogP contribution in [0.2, 0.25) is 0 Å². The molecule has 0 saturated carbocycles. The van der Waals surface area contributed by atoms with E-state index in [2.05, 4.69) is 0 Å². The van der Waals surface area contributed by atoms with Gasteiger partial charge in [0.2, 0.25) is 6.29 Å². The molecule has 3 fully saturated rings. The molecule has 2 aromatic carbocycles. The second-order valence-corrected chi connectivity index (χ2v) is 12.0. The van der Waals surface area contributed by atoms with Gasteiger partial charge in [0.15, 0.2) is 11.7 Å². The Bertz CT molecular complexity index is 1680. The molecule has 0 radical (unpaired) electrons. The van der Waals surface area contributed by atoms with Crippen LogP contribution in [0.1, 0.15) is 11.7 Å². The predicted molar refractivity (Wildman–Crippen MR) is 159 cm³/mol. The van der Waals surface area contributed by atoms with Crippen LogP contribution >= 0.6 is 0 Å². The lowest BCUT2D eigenvalue weighted by atomic mass is 9.91. The van der Waals surface area contributed by atoms with E-state index in [0.717, 1.165) is 12.1 Å². The van der Waals surface area contributed by atoms with Crippen LogP contribution in [0.15, 0.2) is 45.6 Å². The number of ether oxygens (including phenoxy) is 5. The van der Waals surface area contributed by atoms with E-state index < -0.39 is 127 Å². The van der Waals surface area contributed by atoms with Gasteiger partial charge in [0.05, 0.1) is 25.4 Å². The Morgan fingerprint density at radius 2 is 1.41 bits per heavy atom. The topological polar surface area (TPSA) is 299 Å². The predicted octanol–water partition coefficient (Wildman–Crippen LogP) is -3.33. The number of benzene rings is 2. The van der Waals surface area contributed by atoms with Crippen LogP contribution < -0.4 is 10.2 Å². The zero-order chi connectivity index (χ0) is 35.3. The highest BCUT2D eigenvalue weighted by atomic mass is 16.7. The summed E-state index contributed by atoms with van der Waals surface area (Å²) in [6.07, 6.45) is -22.4. The highest BCUT2D eigenvalue weighted by molar-refractivity contribution is 5.88. The smallest absolute Gasteiger partial charge is 0.229 e. The molecule has 0 aliphatic carbocycles. The molecule has 3 aromatic rings. The van der Waals surface area contributed by atoms with Gasteiger partial charge in [-0.25, -0.2) is 0 Å². The van der Waals surface area contributed by atoms with E-state index in [0.29, 0.717) is 5.56 Å². The Kier molecular flexibility index (Phi) is 10.1. The highest BCUT2D eigenvalue weighted by Crippen LogP contribution is 2.46. The van der Waals surface area contributed by atoms with Crippen LogP contribution in [0, 0.1) is 0 Å². The fraction of sp³-hybridized carbons (Fsp3) is 0.516. The SMILES string of the molecule is O=c1cc(-c2ccc(O)cc2)oc2cc(O[C@@H]3O[C@H](CO)[C@@H](O)[C@H](O)[C@H]3O)c([C@@H]3OC[C@@H](O)[C@@H](O)[C@H]3O[C@H]3OC[C@@H](O)[C@@H](O)[C@H]3O)c(O)c12. The fourth-order valence-electron chi connectivity index (χ4n) is 5.97. The minimum Gasteiger partial charge on any atom is -0.508 e. The number of hydrogen-bond donors (Lipinski definition) is 11. The summed E-state index contributed by atoms with van der Waals surface area (Å²) in [6.45, 7) is -1.86. The van der Waals surface area contributed by atoms with E-state index in [1.807, 2.05) is 0 Å². The zero-order valence-corrected chi connectivity index (χ0v) is 25.4. The van der Waals surface area contributed by atoms with Crippen molar-refractivity contribution >= 4 is 11.0 Å². The van der Waals surface area contributed by atoms with Gasteiger partial charge < -0.3 is 84.3 Å². The Balaban J connectivity index is 1.49. The Morgan fingerprint density at radius 1 is 0.755 bits per heavy atom. The van der Waals surface area contributed by atoms with E-state index in [1.54, 1.807) is 0 Å². The maximum atomic E-state index is 13.5. The van der Waals surface area contributed by atoms with Gasteiger partial charge in [-0.05, 0) is 24.3 Å². The molecule has 1 aromatic heterocycles. The number of phenols is 2. The minimum atomic E-state index is -1.94. The maximum absolute atomic E-state index is 13.5. The fourth-order valence-corrected chi connectivity index (χ4v) is 5.97. The average molecular weight is 697 g/mol. The minimum absolute atomic E-state index is 0.00120. The van der Waals surface area contributed by atoms with E-state index in [9.17, 15) is 61.0 Å². The van der Waals surface area contributed by atoms with Crippen molar-refractivity contribution in [3.05, 3.63) is 52.2 Å². The number of aliphatic hydroxyl groups excluding tert-OH is 9. The van der Waals surface area contributed by atoms with E-state index in [-0.39, 0.29) is 17.1 Å². The third-order valence-corrected chi connectivity index (χ3v) is 8.74. The molecule has 0 spiro atoms. The Labute approximate surface area is 275 Å². The molecule has 3 aliphatic rings. The van der Waals surface area contributed by atoms with Crippen molar-refractivity contribution in [1.82, 2.24) is 0 Å². The molecule has 13 atom stereocenters. The summed E-state index contributed by atoms with van der Waals surface area (Å²) >= 11 is 0. The monoisotopic (exact) mass is 696 g/mol. The van der Waals surface area contributed by atoms with Crippen molar-refractivity contribution in [3.63, 3.8) is 0 Å². The van der Waals surface area contributed by atoms with Gasteiger partial charge in [0, 0.05) is 17.7 Å². The molecule has 49 heavy (non-hydrogen) atoms. The summed E-state index contributed by atoms with van der Waals surface area (Å²) in [6, 6.07) is 7.77. The molecule has 0 bridgehead atoms. The second kappa shape index (κ2) is 14.0. The summed E-state index contributed by atoms with van der Waals surface area (Å²) in [4.78, 5) is 13.5. The molecule has 3 saturated heterocycles. The molecular formula is C31H36O18. The van der Waals surface area contributed by atoms with Crippen LogP contribution in [0.3, 0.4) is 0 Å². The first kappa shape index (κ1) is 35.4. The zero-order valence-electron chi connectivity index (χ0n) is 25.4. The first-order valence-electron chi connectivity index (χ1n) is 15.2. The molecule has 6 rings (SSSR count). The van der Waals surface area contributed by atoms with Crippen LogP contribution in [-0.4, -0.2) is 150 Å². The van der Waals surface area contributed by atoms with Crippen molar-refractivity contribution in [2.45, 2.75) is 79.7 Å². The lowest BCUT2D eigenvalue weighted by molar-refractivity contribution is -0.316. The molecular weight excluding hydrogens is 660 g/mol. The molecule has 4 heterocycles. The standard InChI is InChI=1S/C31H36O18/c32-7-18-23(39)25(41)27(43)31(48-18)47-17-6-16-19(12(34)5-15(46-16)10-1-3-11(33)4-2-10)24(40)20(17)28-29(22(38)14(36)8-44-28)49-30-26(42)21(37)13(35)9-45-30/h1-6,13-14,18,21-23,25-33,35-43H,7-9H2/t13-,14-,18-,21-,22-,23-,25+,26-,27-,28+,29-,30-,31-/m1/s1. The number of aromatic hydroxyl groups is 2. The van der Waals surface area contributed by atoms with Gasteiger partial charge in [-0.15, -0.1) is 0 Å². The van der Waals surface area contributed by atoms with Gasteiger partial charge in [-0.2, -0.15) is 0 Å². The number of aliphatic hydroxyl groups is 9. The van der Waals surface area contributed by atoms with E-state index in [4.69, 9.17) is 28.1 Å². The Morgan fingerprint density at radius 3 is 2.10 bits per heavy atom. The lowest BCUT2D eigenvalue weighted by Gasteiger charge is -2.43. The molecule has 18 heteroatoms. The van der Waals surface area contributed by atoms with E-state index >= 15 is 0 Å². The molecule has 268 valence electrons. The third kappa shape index (κ3) is 6.59. The number of fused-ring (bicyclic) bond motifs is 1. The van der Waals surface area contributed by atoms with E-state index in [1.165, 1.54) is 24.3 Å². The van der Waals surface area contributed by atoms with Crippen LogP contribution in [-0.2, 0) is 18.9 Å². The first-order valence-corrected chi connectivity index (χ1v) is 15.2. The molecule has 0 unspecified atom stereocenters. The summed E-state index contributed by atoms with van der Waals surface area (Å²) in [5, 5.41) is 114. The Hall–Kier alpha value is -3.47. The lowest BCUT2D eigenvalue weighted by Crippen LogP contribution is -2.60. The van der Waals surface area contributed by atoms with Crippen molar-refractivity contribution in [1.29, 1.82) is 0 Å². The summed E-state index contributed by atoms with van der Waals surface area (Å²) in [5.41, 5.74) is -1.14. The normalized spacial score (nSPS) is 36.9. The molecule has 18 nitrogen and oxygen atoms in total. The van der Waals surface area contributed by atoms with Crippen LogP contribution in [0.5, 0.6) is 17.2 Å². The third-order valence-electron chi connectivity index (χ3n) is 8.74. The molecule has 3 aliphatic heterocycles. The number of rotatable bonds is 7. The number of hydrogen-bond acceptors (Lipinski definition) is 18. The van der Waals surface area contributed by atoms with Crippen molar-refractivity contribution in [2.24, 2.45) is 0 Å². The maximum Gasteiger partial charge on any atom is 0.229 e. The van der Waals surface area contributed by atoms with Crippen molar-refractivity contribution in [2.75, 3.05) is 19.8 Å². The van der Waals surface area contributed by atoms with Crippen molar-refractivity contribution < 1.29 is 84.3 Å². The van der Waals surface area contributed by atoms with Crippen LogP contribution in [0.4, 0.5) is 0 Å². The van der Waals surface area contributed by atoms with Gasteiger partial charge in [0.25, 0.3) is 0 Å². The first-order chi connectivity index (χ1) is 23.3. The number of phenolic OH excluding ortho intramolecular Hbond substituents is 2. The quantitative estimate of drug-likeness (QED) is 0.115. The second-order valence-electron chi connectivity index (χ2n) is 12.0. The van der Waals surface area contributed by atoms with Gasteiger partial charge in [0.1, 0.15) is 101 Å². The highest BCUT2D eigenvalue weighted by Gasteiger charge is 2.49. The van der Waals surface area contributed by atoms with Gasteiger partial charge >= 0.3 is 0 Å². The summed E-state index contributed by atoms with van der Waals surface area (Å²) < 4.78 is 34.2. The summed E-state index contributed by atoms with van der Waals surface area (Å²) in [5.74, 6) is -1.35. The van der Waals surface area contributed by atoms with Gasteiger partial charge in [-0.1, -0.05) is 0 Å². The average Bonchev–Trinajstić information content (AvgIpc) is 3.07. The van der Waals surface area contributed by atoms with Crippen molar-refractivity contribution in [3.8, 4) is 28.6 Å². The van der Waals surface area contributed by atoms with Gasteiger partial charge in [-0.3, -0.25) is 4.79 Å². The molecule has 0 amide bonds. The van der Waals surface area contributed by atoms with Crippen LogP contribution in [0.25, 0.3) is 22.3 Å². The summed E-state index contributed by atoms with van der Waals surface area (Å²) in [7, 11) is 0.